The number of nitrogens with one attached hydrogen (secondary N) is 1. The first-order valence-electron chi connectivity index (χ1n) is 2.13. The molecule has 5 heteroatoms. The van der Waals surface area contributed by atoms with Crippen LogP contribution in [0.15, 0.2) is 0 Å². The van der Waals surface area contributed by atoms with E-state index in [9.17, 15) is 4.79 Å². The molecule has 0 fully saturated rings. The average molecular weight is 154 g/mol. The second-order valence-corrected chi connectivity index (χ2v) is 0.957. The van der Waals surface area contributed by atoms with E-state index in [4.69, 9.17) is 5.26 Å². The minimum absolute atomic E-state index is 0. The molecule has 1 amide bonds. The van der Waals surface area contributed by atoms with Crippen LogP contribution in [0.3, 0.4) is 0 Å². The van der Waals surface area contributed by atoms with E-state index >= 15 is 0 Å². The number of nitrogens with zero attached hydrogens (tertiary/aromatic N) is 1. The normalized spacial score (nSPS) is 6.22. The van der Waals surface area contributed by atoms with Crippen molar-refractivity contribution in [3.63, 3.8) is 0 Å². The quantitative estimate of drug-likeness (QED) is 0.316. The molecule has 0 aliphatic heterocycles. The Morgan fingerprint density at radius 3 is 2.78 bits per heavy atom. The van der Waals surface area contributed by atoms with Gasteiger partial charge in [-0.1, -0.05) is 0 Å². The van der Waals surface area contributed by atoms with Gasteiger partial charge in [-0.2, -0.15) is 5.26 Å². The van der Waals surface area contributed by atoms with Gasteiger partial charge in [0.2, 0.25) is 0 Å². The summed E-state index contributed by atoms with van der Waals surface area (Å²) in [5.41, 5.74) is 0. The number of hydrogen-bond donors (Lipinski definition) is 1. The number of carbonyl (C=O) groups excluding carboxylic acids is 1. The van der Waals surface area contributed by atoms with Crippen molar-refractivity contribution in [2.45, 2.75) is 6.92 Å². The fraction of sp³-hybridized carbons (Fsp3) is 0.500. The monoisotopic (exact) mass is 154 g/mol. The van der Waals surface area contributed by atoms with Crippen LogP contribution in [0.5, 0.6) is 0 Å². The van der Waals surface area contributed by atoms with Gasteiger partial charge in [-0.15, -0.1) is 0 Å². The van der Waals surface area contributed by atoms with E-state index in [1.54, 1.807) is 12.2 Å². The zero-order valence-corrected chi connectivity index (χ0v) is 4.47. The van der Waals surface area contributed by atoms with Crippen molar-refractivity contribution >= 4 is 57.5 Å². The van der Waals surface area contributed by atoms with Crippen molar-refractivity contribution in [2.75, 3.05) is 6.61 Å². The van der Waals surface area contributed by atoms with Crippen molar-refractivity contribution in [1.29, 1.82) is 5.26 Å². The fourth-order valence-electron chi connectivity index (χ4n) is 0.213. The van der Waals surface area contributed by atoms with Crippen LogP contribution in [0.2, 0.25) is 0 Å². The minimum atomic E-state index is -0.699. The standard InChI is InChI=1S/C4H6N2O2.K.H/c1-2-8-4(7)6-3-5;;/h2H2,1H3,(H,6,7);;. The molecule has 0 radical (unpaired) electrons. The van der Waals surface area contributed by atoms with Crippen LogP contribution < -0.4 is 5.32 Å². The molecule has 0 bridgehead atoms. The van der Waals surface area contributed by atoms with Crippen LogP contribution in [0.1, 0.15) is 6.92 Å². The van der Waals surface area contributed by atoms with Crippen molar-refractivity contribution < 1.29 is 9.53 Å². The van der Waals surface area contributed by atoms with E-state index in [2.05, 4.69) is 4.74 Å². The molecule has 9 heavy (non-hydrogen) atoms. The van der Waals surface area contributed by atoms with Gasteiger partial charge < -0.3 is 4.74 Å². The van der Waals surface area contributed by atoms with Gasteiger partial charge in [-0.05, 0) is 6.92 Å². The molecule has 0 aromatic carbocycles. The summed E-state index contributed by atoms with van der Waals surface area (Å²) in [4.78, 5) is 10.1. The van der Waals surface area contributed by atoms with Crippen LogP contribution >= 0.6 is 0 Å². The van der Waals surface area contributed by atoms with Crippen LogP contribution in [0.25, 0.3) is 0 Å². The predicted octanol–water partition coefficient (Wildman–Crippen LogP) is -0.435. The summed E-state index contributed by atoms with van der Waals surface area (Å²) in [5.74, 6) is 0. The Morgan fingerprint density at radius 1 is 1.89 bits per heavy atom. The van der Waals surface area contributed by atoms with Gasteiger partial charge in [0.05, 0.1) is 6.61 Å². The number of amides is 1. The van der Waals surface area contributed by atoms with Gasteiger partial charge >= 0.3 is 57.5 Å². The Hall–Kier alpha value is 0.396. The first kappa shape index (κ1) is 12.1. The van der Waals surface area contributed by atoms with E-state index in [1.807, 2.05) is 0 Å². The van der Waals surface area contributed by atoms with Gasteiger partial charge in [0.25, 0.3) is 0 Å². The van der Waals surface area contributed by atoms with Gasteiger partial charge in [-0.25, -0.2) is 10.1 Å². The Balaban J connectivity index is 0. The molecule has 0 aliphatic rings. The summed E-state index contributed by atoms with van der Waals surface area (Å²) >= 11 is 0. The summed E-state index contributed by atoms with van der Waals surface area (Å²) in [6.07, 6.45) is 0.729. The van der Waals surface area contributed by atoms with Gasteiger partial charge in [0.15, 0.2) is 6.19 Å². The van der Waals surface area contributed by atoms with E-state index in [1.165, 1.54) is 6.19 Å². The molecule has 4 nitrogen and oxygen atoms in total. The SMILES string of the molecule is CCOC(=O)NC#N.[KH]. The molecule has 0 aromatic heterocycles. The number of rotatable bonds is 1. The summed E-state index contributed by atoms with van der Waals surface area (Å²) < 4.78 is 4.31. The van der Waals surface area contributed by atoms with Crippen molar-refractivity contribution in [3.05, 3.63) is 0 Å². The van der Waals surface area contributed by atoms with Crippen molar-refractivity contribution in [2.24, 2.45) is 0 Å². The van der Waals surface area contributed by atoms with Gasteiger partial charge in [-0.3, -0.25) is 0 Å². The summed E-state index contributed by atoms with van der Waals surface area (Å²) in [7, 11) is 0. The number of alkyl carbamates (subject to hydrolysis) is 1. The third-order valence-electron chi connectivity index (χ3n) is 0.433. The molecule has 0 aliphatic carbocycles. The maximum absolute atomic E-state index is 10.1. The molecule has 0 unspecified atom stereocenters. The molecule has 0 aromatic rings. The maximum atomic E-state index is 10.1. The zero-order chi connectivity index (χ0) is 6.41. The molecular formula is C4H7KN2O2. The molecule has 0 saturated heterocycles. The Kier molecular flexibility index (Phi) is 11.3. The number of nitriles is 1. The average Bonchev–Trinajstić information content (AvgIpc) is 1.68. The topological polar surface area (TPSA) is 62.1 Å². The van der Waals surface area contributed by atoms with E-state index < -0.39 is 6.09 Å². The Labute approximate surface area is 96.0 Å². The Morgan fingerprint density at radius 2 is 2.44 bits per heavy atom. The van der Waals surface area contributed by atoms with Gasteiger partial charge in [0, 0.05) is 0 Å². The third-order valence-corrected chi connectivity index (χ3v) is 0.433. The second kappa shape index (κ2) is 8.40. The molecule has 0 spiro atoms. The number of ether oxygens (including phenoxy) is 1. The molecule has 0 heterocycles. The molecule has 46 valence electrons. The summed E-state index contributed by atoms with van der Waals surface area (Å²) in [6, 6.07) is 0. The zero-order valence-electron chi connectivity index (χ0n) is 4.47. The first-order valence-corrected chi connectivity index (χ1v) is 2.13. The predicted molar refractivity (Wildman–Crippen MR) is 32.9 cm³/mol. The van der Waals surface area contributed by atoms with E-state index in [0.29, 0.717) is 0 Å². The molecular weight excluding hydrogens is 147 g/mol. The van der Waals surface area contributed by atoms with Crippen LogP contribution in [0, 0.1) is 11.5 Å². The van der Waals surface area contributed by atoms with Crippen LogP contribution in [-0.2, 0) is 4.74 Å². The Bertz CT molecular complexity index is 120. The molecule has 1 N–H and O–H groups in total. The van der Waals surface area contributed by atoms with Crippen LogP contribution in [-0.4, -0.2) is 64.1 Å². The number of carbonyl (C=O) groups is 1. The van der Waals surface area contributed by atoms with Gasteiger partial charge in [0.1, 0.15) is 0 Å². The fourth-order valence-corrected chi connectivity index (χ4v) is 0.213. The molecule has 0 rings (SSSR count). The van der Waals surface area contributed by atoms with Crippen molar-refractivity contribution in [3.8, 4) is 6.19 Å². The first-order chi connectivity index (χ1) is 3.81. The van der Waals surface area contributed by atoms with Crippen molar-refractivity contribution in [1.82, 2.24) is 5.32 Å². The molecule has 0 atom stereocenters. The third kappa shape index (κ3) is 8.40. The second-order valence-electron chi connectivity index (χ2n) is 0.957. The van der Waals surface area contributed by atoms with E-state index in [-0.39, 0.29) is 58.0 Å². The van der Waals surface area contributed by atoms with Crippen LogP contribution in [0.4, 0.5) is 4.79 Å². The molecule has 0 saturated carbocycles. The summed E-state index contributed by atoms with van der Waals surface area (Å²) in [5, 5.41) is 9.59. The van der Waals surface area contributed by atoms with E-state index in [0.717, 1.165) is 0 Å². The summed E-state index contributed by atoms with van der Waals surface area (Å²) in [6.45, 7) is 1.95. The number of hydrogen-bond acceptors (Lipinski definition) is 3.